The van der Waals surface area contributed by atoms with Crippen LogP contribution in [0, 0.1) is 0 Å². The van der Waals surface area contributed by atoms with Gasteiger partial charge in [-0.3, -0.25) is 14.5 Å². The number of carbonyl (C=O) groups excluding carboxylic acids is 2. The molecule has 4 heterocycles. The molecule has 4 N–H and O–H groups in total. The number of hydrogen-bond acceptors (Lipinski definition) is 11. The summed E-state index contributed by atoms with van der Waals surface area (Å²) in [5, 5.41) is 32.3. The van der Waals surface area contributed by atoms with E-state index >= 15 is 0 Å². The predicted molar refractivity (Wildman–Crippen MR) is 206 cm³/mol. The number of phenolic OH excluding ortho intramolecular Hbond substituents is 1. The maximum Gasteiger partial charge on any atom is 0.354 e. The van der Waals surface area contributed by atoms with E-state index in [1.165, 1.54) is 35.1 Å². The highest BCUT2D eigenvalue weighted by molar-refractivity contribution is 8.00. The molecule has 1 saturated heterocycles. The molecular formula is C40H34N6O6S2. The number of carboxylic acids is 1. The van der Waals surface area contributed by atoms with Gasteiger partial charge < -0.3 is 30.6 Å². The number of nitrogens with one attached hydrogen (secondary N) is 2. The Kier molecular flexibility index (Phi) is 9.29. The lowest BCUT2D eigenvalue weighted by molar-refractivity contribution is -0.150. The average molecular weight is 759 g/mol. The van der Waals surface area contributed by atoms with Crippen LogP contribution in [0.15, 0.2) is 131 Å². The monoisotopic (exact) mass is 758 g/mol. The Labute approximate surface area is 318 Å². The van der Waals surface area contributed by atoms with Gasteiger partial charge in [-0.25, -0.2) is 9.78 Å². The maximum atomic E-state index is 13.8. The van der Waals surface area contributed by atoms with Gasteiger partial charge in [0.15, 0.2) is 16.5 Å². The molecule has 14 heteroatoms. The van der Waals surface area contributed by atoms with E-state index in [0.717, 1.165) is 27.8 Å². The van der Waals surface area contributed by atoms with Crippen LogP contribution < -0.4 is 10.6 Å². The highest BCUT2D eigenvalue weighted by Crippen LogP contribution is 2.44. The summed E-state index contributed by atoms with van der Waals surface area (Å²) < 4.78 is 0. The third-order valence-corrected chi connectivity index (χ3v) is 11.8. The van der Waals surface area contributed by atoms with E-state index in [0.29, 0.717) is 29.7 Å². The van der Waals surface area contributed by atoms with Crippen molar-refractivity contribution in [3.8, 4) is 5.75 Å². The first kappa shape index (κ1) is 34.9. The number of aliphatic carboxylic acids is 1. The minimum Gasteiger partial charge on any atom is -0.508 e. The Balaban J connectivity index is 1.04. The number of hydrogen-bond donors (Lipinski definition) is 4. The smallest absolute Gasteiger partial charge is 0.354 e. The van der Waals surface area contributed by atoms with Gasteiger partial charge >= 0.3 is 5.97 Å². The molecule has 0 spiro atoms. The van der Waals surface area contributed by atoms with E-state index in [9.17, 15) is 24.6 Å². The number of anilines is 1. The zero-order valence-corrected chi connectivity index (χ0v) is 30.5. The summed E-state index contributed by atoms with van der Waals surface area (Å²) in [6.45, 7) is 0.868. The van der Waals surface area contributed by atoms with Gasteiger partial charge in [-0.2, -0.15) is 0 Å². The summed E-state index contributed by atoms with van der Waals surface area (Å²) in [5.74, 6) is -2.00. The van der Waals surface area contributed by atoms with Crippen molar-refractivity contribution in [2.45, 2.75) is 30.0 Å². The number of oxime groups is 1. The first-order chi connectivity index (χ1) is 26.3. The third kappa shape index (κ3) is 6.12. The molecule has 54 heavy (non-hydrogen) atoms. The van der Waals surface area contributed by atoms with Gasteiger partial charge in [-0.05, 0) is 39.9 Å². The molecule has 3 aliphatic rings. The van der Waals surface area contributed by atoms with Gasteiger partial charge in [0.2, 0.25) is 0 Å². The molecule has 12 nitrogen and oxygen atoms in total. The number of thioether (sulfide) groups is 1. The SMILES string of the molecule is CON=C(C(=O)NC1C(=O)N2C(C(=O)O)=C(N3Cc4ccc(O)cc4C3)CS[C@@H]12)c1csc(NC(c2ccccc2)(c2ccccc2)c2ccccc2)n1. The van der Waals surface area contributed by atoms with Crippen LogP contribution in [0.1, 0.15) is 33.5 Å². The van der Waals surface area contributed by atoms with Crippen molar-refractivity contribution in [2.75, 3.05) is 18.2 Å². The number of aromatic hydroxyl groups is 1. The number of rotatable bonds is 11. The van der Waals surface area contributed by atoms with Crippen molar-refractivity contribution in [1.29, 1.82) is 0 Å². The van der Waals surface area contributed by atoms with Crippen LogP contribution in [0.4, 0.5) is 5.13 Å². The highest BCUT2D eigenvalue weighted by atomic mass is 32.2. The van der Waals surface area contributed by atoms with Gasteiger partial charge in [-0.1, -0.05) is 102 Å². The summed E-state index contributed by atoms with van der Waals surface area (Å²) in [5.41, 5.74) is 4.47. The van der Waals surface area contributed by atoms with Gasteiger partial charge in [0.25, 0.3) is 11.8 Å². The van der Waals surface area contributed by atoms with Crippen LogP contribution in [0.25, 0.3) is 0 Å². The fraction of sp³-hybridized carbons (Fsp3) is 0.175. The molecular weight excluding hydrogens is 725 g/mol. The summed E-state index contributed by atoms with van der Waals surface area (Å²) in [6, 6.07) is 34.2. The van der Waals surface area contributed by atoms with Crippen molar-refractivity contribution in [3.05, 3.63) is 159 Å². The number of phenols is 1. The lowest BCUT2D eigenvalue weighted by atomic mass is 9.77. The summed E-state index contributed by atoms with van der Waals surface area (Å²) in [4.78, 5) is 53.1. The van der Waals surface area contributed by atoms with Crippen LogP contribution in [-0.4, -0.2) is 72.8 Å². The second-order valence-corrected chi connectivity index (χ2v) is 14.9. The minimum absolute atomic E-state index is 0.106. The molecule has 2 amide bonds. The number of β-lactam (4-membered cyclic amide) rings is 1. The Morgan fingerprint density at radius 2 is 1.52 bits per heavy atom. The molecule has 5 aromatic rings. The lowest BCUT2D eigenvalue weighted by Gasteiger charge is -2.50. The van der Waals surface area contributed by atoms with Crippen LogP contribution in [0.2, 0.25) is 0 Å². The molecule has 0 saturated carbocycles. The van der Waals surface area contributed by atoms with Crippen molar-refractivity contribution in [2.24, 2.45) is 5.16 Å². The zero-order chi connectivity index (χ0) is 37.4. The topological polar surface area (TPSA) is 157 Å². The molecule has 0 radical (unpaired) electrons. The van der Waals surface area contributed by atoms with E-state index in [2.05, 4.69) is 52.2 Å². The van der Waals surface area contributed by atoms with Crippen LogP contribution in [0.3, 0.4) is 0 Å². The van der Waals surface area contributed by atoms with E-state index in [1.54, 1.807) is 17.5 Å². The second-order valence-electron chi connectivity index (χ2n) is 12.9. The summed E-state index contributed by atoms with van der Waals surface area (Å²) in [7, 11) is 1.32. The average Bonchev–Trinajstić information content (AvgIpc) is 3.85. The van der Waals surface area contributed by atoms with E-state index < -0.39 is 34.7 Å². The normalized spacial score (nSPS) is 18.1. The van der Waals surface area contributed by atoms with E-state index in [4.69, 9.17) is 9.82 Å². The van der Waals surface area contributed by atoms with Crippen molar-refractivity contribution < 1.29 is 29.4 Å². The maximum absolute atomic E-state index is 13.8. The number of thiazole rings is 1. The zero-order valence-electron chi connectivity index (χ0n) is 28.9. The fourth-order valence-electron chi connectivity index (χ4n) is 7.30. The molecule has 0 bridgehead atoms. The molecule has 3 aliphatic heterocycles. The quantitative estimate of drug-likeness (QED) is 0.0603. The molecule has 4 aromatic carbocycles. The highest BCUT2D eigenvalue weighted by Gasteiger charge is 2.55. The summed E-state index contributed by atoms with van der Waals surface area (Å²) >= 11 is 2.67. The molecule has 1 aromatic heterocycles. The molecule has 1 unspecified atom stereocenters. The van der Waals surface area contributed by atoms with Gasteiger partial charge in [0.1, 0.15) is 35.5 Å². The third-order valence-electron chi connectivity index (χ3n) is 9.79. The van der Waals surface area contributed by atoms with Crippen LogP contribution >= 0.6 is 23.1 Å². The standard InChI is InChI=1S/C40H34N6O6S2/c1-52-44-32(30-22-54-39(41-30)43-40(26-11-5-2-6-12-26,27-13-7-3-8-14-27)28-15-9-4-10-16-28)35(48)42-33-36(49)46-34(38(50)51)31(23-53-37(33)46)45-20-24-17-18-29(47)19-25(24)21-45/h2-19,22,33,37,47H,20-21,23H2,1H3,(H,41,43)(H,42,48)(H,50,51)/t33?,37-/m0/s1. The van der Waals surface area contributed by atoms with E-state index in [1.807, 2.05) is 65.6 Å². The predicted octanol–water partition coefficient (Wildman–Crippen LogP) is 5.32. The van der Waals surface area contributed by atoms with E-state index in [-0.39, 0.29) is 22.9 Å². The summed E-state index contributed by atoms with van der Waals surface area (Å²) in [6.07, 6.45) is 0. The second kappa shape index (κ2) is 14.4. The number of aromatic nitrogens is 1. The number of nitrogens with zero attached hydrogens (tertiary/aromatic N) is 4. The fourth-order valence-corrected chi connectivity index (χ4v) is 9.44. The molecule has 8 rings (SSSR count). The van der Waals surface area contributed by atoms with Gasteiger partial charge in [0, 0.05) is 24.2 Å². The lowest BCUT2D eigenvalue weighted by Crippen LogP contribution is -2.71. The van der Waals surface area contributed by atoms with Crippen molar-refractivity contribution in [1.82, 2.24) is 20.1 Å². The molecule has 272 valence electrons. The Bertz CT molecular complexity index is 2200. The molecule has 0 aliphatic carbocycles. The first-order valence-corrected chi connectivity index (χ1v) is 19.0. The largest absolute Gasteiger partial charge is 0.508 e. The van der Waals surface area contributed by atoms with Crippen LogP contribution in [-0.2, 0) is 37.8 Å². The van der Waals surface area contributed by atoms with Crippen molar-refractivity contribution >= 4 is 51.7 Å². The minimum atomic E-state index is -1.23. The van der Waals surface area contributed by atoms with Crippen molar-refractivity contribution in [3.63, 3.8) is 0 Å². The first-order valence-electron chi connectivity index (χ1n) is 17.1. The number of benzene rings is 4. The number of amides is 2. The molecule has 2 atom stereocenters. The Morgan fingerprint density at radius 3 is 2.11 bits per heavy atom. The number of fused-ring (bicyclic) bond motifs is 2. The van der Waals surface area contributed by atoms with Gasteiger partial charge in [0.05, 0.1) is 5.70 Å². The number of carbonyl (C=O) groups is 3. The molecule has 1 fully saturated rings. The number of carboxylic acid groups (broad SMARTS) is 1. The van der Waals surface area contributed by atoms with Gasteiger partial charge in [-0.15, -0.1) is 23.1 Å². The Morgan fingerprint density at radius 1 is 0.907 bits per heavy atom. The Hall–Kier alpha value is -6.12. The van der Waals surface area contributed by atoms with Crippen LogP contribution in [0.5, 0.6) is 5.75 Å².